The van der Waals surface area contributed by atoms with E-state index in [2.05, 4.69) is 26.6 Å². The Labute approximate surface area is 810 Å². The number of primary amides is 1. The number of nitrogens with one attached hydrogen (secondary N) is 5. The summed E-state index contributed by atoms with van der Waals surface area (Å²) in [5, 5.41) is 362. The zero-order chi connectivity index (χ0) is 105. The summed E-state index contributed by atoms with van der Waals surface area (Å²) in [7, 11) is 0. The lowest BCUT2D eigenvalue weighted by molar-refractivity contribution is -0.400. The highest BCUT2D eigenvalue weighted by atomic mass is 16.8. The topological polar surface area (TPSA) is 983 Å². The van der Waals surface area contributed by atoms with Crippen LogP contribution in [0.3, 0.4) is 0 Å². The first-order valence-corrected chi connectivity index (χ1v) is 45.4. The Bertz CT molecular complexity index is 4130. The second-order valence-corrected chi connectivity index (χ2v) is 35.7. The molecule has 10 aliphatic rings. The fraction of sp³-hybridized carbons (Fsp3) is 0.864. The van der Waals surface area contributed by atoms with Crippen molar-refractivity contribution in [2.24, 2.45) is 5.73 Å². The maximum absolute atomic E-state index is 13.3. The van der Waals surface area contributed by atoms with Gasteiger partial charge < -0.3 is 285 Å². The number of aliphatic hydroxyl groups excluding tert-OH is 31. The van der Waals surface area contributed by atoms with Gasteiger partial charge in [-0.25, -0.2) is 0 Å². The summed E-state index contributed by atoms with van der Waals surface area (Å²) in [4.78, 5) is 65.0. The second kappa shape index (κ2) is 52.4. The molecule has 10 fully saturated rings. The summed E-state index contributed by atoms with van der Waals surface area (Å²) < 4.78 is 119. The number of benzene rings is 1. The van der Waals surface area contributed by atoms with Crippen molar-refractivity contribution in [3.8, 4) is 0 Å². The lowest BCUT2D eigenvalue weighted by Gasteiger charge is -2.51. The number of anilines is 1. The largest absolute Gasteiger partial charge is 0.394 e. The van der Waals surface area contributed by atoms with Crippen LogP contribution >= 0.6 is 0 Å². The number of hydrogen-bond donors (Lipinski definition) is 37. The zero-order valence-electron chi connectivity index (χ0n) is 76.6. The lowest BCUT2D eigenvalue weighted by Crippen LogP contribution is -2.70. The average Bonchev–Trinajstić information content (AvgIpc) is 0.774. The number of ether oxygens (including phenoxy) is 20. The number of para-hydroxylation sites is 1. The molecule has 38 N–H and O–H groups in total. The molecule has 822 valence electrons. The number of carbonyl (C=O) groups is 5. The van der Waals surface area contributed by atoms with Crippen LogP contribution in [0.4, 0.5) is 5.69 Å². The van der Waals surface area contributed by atoms with Crippen molar-refractivity contribution in [3.63, 3.8) is 0 Å². The molecule has 5 amide bonds. The SMILES string of the molecule is CC(=O)NC(CNc1ccccc1C(N)=O)C(O)C(OC1OC(CO)C(OC2OC(COC3OC(CO)C(O)C(O)C3OC3OC(CO)C(OC4OC(CO)C(O)C(OC5OC(CO)C(O)C(O)C5O)C4O)C(O)C3NC(C)=O)C(O)C(OC3OC(CO)C(O)C(O)C3OC3OC(CO)C(OC4OC(CO)C(O)C(OC5OC(CO)C(O)C(O)C5O)C4O)C(O)C3NC(C)=O)C2O)C(O)C1NC(C)=O)C(O)CO. The Morgan fingerprint density at radius 3 is 0.972 bits per heavy atom. The molecule has 62 heteroatoms. The van der Waals surface area contributed by atoms with Gasteiger partial charge in [0.05, 0.1) is 84.3 Å². The lowest BCUT2D eigenvalue weighted by atomic mass is 9.94. The Morgan fingerprint density at radius 2 is 0.608 bits per heavy atom. The van der Waals surface area contributed by atoms with Crippen LogP contribution in [0.5, 0.6) is 0 Å². The first-order valence-electron chi connectivity index (χ1n) is 45.4. The monoisotopic (exact) mass is 2080 g/mol. The van der Waals surface area contributed by atoms with Crippen LogP contribution in [0.15, 0.2) is 24.3 Å². The molecule has 1 aromatic rings. The van der Waals surface area contributed by atoms with Gasteiger partial charge in [0.25, 0.3) is 5.91 Å². The van der Waals surface area contributed by atoms with Crippen molar-refractivity contribution in [3.05, 3.63) is 29.8 Å². The van der Waals surface area contributed by atoms with E-state index >= 15 is 0 Å². The number of hydrogen-bond acceptors (Lipinski definition) is 57. The third-order valence-electron chi connectivity index (χ3n) is 25.8. The quantitative estimate of drug-likeness (QED) is 0.0289. The van der Waals surface area contributed by atoms with Crippen LogP contribution in [0, 0.1) is 0 Å². The van der Waals surface area contributed by atoms with E-state index in [1.54, 1.807) is 0 Å². The molecular formula is C81H132N6O56. The Kier molecular flexibility index (Phi) is 43.1. The van der Waals surface area contributed by atoms with Gasteiger partial charge in [0.2, 0.25) is 23.6 Å². The first-order chi connectivity index (χ1) is 67.8. The van der Waals surface area contributed by atoms with Gasteiger partial charge in [0.1, 0.15) is 262 Å². The van der Waals surface area contributed by atoms with E-state index in [4.69, 9.17) is 100 Å². The van der Waals surface area contributed by atoms with Crippen LogP contribution in [0.25, 0.3) is 0 Å². The van der Waals surface area contributed by atoms with Crippen LogP contribution in [-0.2, 0) is 114 Å². The Hall–Kier alpha value is -5.67. The third kappa shape index (κ3) is 26.7. The summed E-state index contributed by atoms with van der Waals surface area (Å²) >= 11 is 0. The van der Waals surface area contributed by atoms with E-state index in [1.165, 1.54) is 24.3 Å². The minimum absolute atomic E-state index is 0.0676. The third-order valence-corrected chi connectivity index (χ3v) is 25.8. The fourth-order valence-electron chi connectivity index (χ4n) is 18.1. The second-order valence-electron chi connectivity index (χ2n) is 35.7. The van der Waals surface area contributed by atoms with E-state index in [-0.39, 0.29) is 11.3 Å². The predicted molar refractivity (Wildman–Crippen MR) is 447 cm³/mol. The van der Waals surface area contributed by atoms with E-state index in [0.717, 1.165) is 27.7 Å². The van der Waals surface area contributed by atoms with Gasteiger partial charge in [0, 0.05) is 39.9 Å². The van der Waals surface area contributed by atoms with Gasteiger partial charge >= 0.3 is 0 Å². The highest BCUT2D eigenvalue weighted by Gasteiger charge is 2.63. The molecule has 54 unspecified atom stereocenters. The standard InChI is InChI=1S/C81H132N6O56/c1-21(98)84-27(9-83-26-8-6-5-7-25(26)71(82)123)42(103)62(28(102)10-88)135-72-39(85-22(2)99)50(111)65(35(17-95)131-72)138-79-61(122)68(141-81-70(56(117)46(107)32(14-92)130-81)143-74-41(87-24(4)101)52(113)64(37(19-97)133-74)137-78-60(121)67(48(109)34(16-94)128-78)140-76-58(119)54(115)44(105)30(12-90)126-76)49(110)38(134-79)20-124-80-69(55(116)45(106)31(13-91)129-80)142-73-40(86-23(3)100)51(112)63(36(18-96)132-73)136-77-59(120)66(47(108)33(15-93)127-77)139-75-57(118)53(114)43(104)29(11-89)125-75/h5-8,27-70,72-81,83,88-97,102-122H,9-20H2,1-4H3,(H2,82,123)(H,84,98)(H,85,99)(H,86,100)(H,87,101). The molecule has 0 radical (unpaired) electrons. The molecule has 10 saturated heterocycles. The molecule has 0 spiro atoms. The van der Waals surface area contributed by atoms with Crippen molar-refractivity contribution >= 4 is 35.2 Å². The highest BCUT2D eigenvalue weighted by Crippen LogP contribution is 2.42. The van der Waals surface area contributed by atoms with Crippen molar-refractivity contribution in [1.29, 1.82) is 0 Å². The van der Waals surface area contributed by atoms with Gasteiger partial charge in [-0.15, -0.1) is 0 Å². The summed E-state index contributed by atoms with van der Waals surface area (Å²) in [6, 6.07) is -2.14. The van der Waals surface area contributed by atoms with Gasteiger partial charge in [-0.05, 0) is 12.1 Å². The molecule has 143 heavy (non-hydrogen) atoms. The Morgan fingerprint density at radius 1 is 0.315 bits per heavy atom. The number of amides is 5. The normalized spacial score (nSPS) is 45.0. The predicted octanol–water partition coefficient (Wildman–Crippen LogP) is -23.5. The molecule has 10 heterocycles. The van der Waals surface area contributed by atoms with Gasteiger partial charge in [-0.3, -0.25) is 24.0 Å². The molecule has 54 atom stereocenters. The van der Waals surface area contributed by atoms with E-state index in [0.29, 0.717) is 0 Å². The molecule has 62 nitrogen and oxygen atoms in total. The minimum atomic E-state index is -2.70. The van der Waals surface area contributed by atoms with Crippen LogP contribution in [0.1, 0.15) is 38.1 Å². The van der Waals surface area contributed by atoms with E-state index < -0.39 is 440 Å². The summed E-state index contributed by atoms with van der Waals surface area (Å²) in [5.74, 6) is -4.84. The fourth-order valence-corrected chi connectivity index (χ4v) is 18.1. The van der Waals surface area contributed by atoms with Gasteiger partial charge in [-0.1, -0.05) is 12.1 Å². The molecule has 1 aromatic carbocycles. The summed E-state index contributed by atoms with van der Waals surface area (Å²) in [6.07, 6.45) is -110. The molecule has 0 saturated carbocycles. The number of aliphatic hydroxyl groups is 31. The van der Waals surface area contributed by atoms with Crippen molar-refractivity contribution in [2.45, 2.75) is 359 Å². The average molecular weight is 2090 g/mol. The van der Waals surface area contributed by atoms with Gasteiger partial charge in [-0.2, -0.15) is 0 Å². The summed E-state index contributed by atoms with van der Waals surface area (Å²) in [6.45, 7) is -9.87. The molecular weight excluding hydrogens is 1950 g/mol. The van der Waals surface area contributed by atoms with Crippen molar-refractivity contribution in [2.75, 3.05) is 84.5 Å². The first kappa shape index (κ1) is 118. The molecule has 10 aliphatic heterocycles. The van der Waals surface area contributed by atoms with Gasteiger partial charge in [0.15, 0.2) is 62.9 Å². The number of nitrogens with two attached hydrogens (primary N) is 1. The van der Waals surface area contributed by atoms with Crippen LogP contribution in [-0.4, -0.2) is 598 Å². The minimum Gasteiger partial charge on any atom is -0.394 e. The van der Waals surface area contributed by atoms with Crippen molar-refractivity contribution in [1.82, 2.24) is 21.3 Å². The smallest absolute Gasteiger partial charge is 0.250 e. The van der Waals surface area contributed by atoms with Crippen LogP contribution in [0.2, 0.25) is 0 Å². The van der Waals surface area contributed by atoms with Crippen LogP contribution < -0.4 is 32.3 Å². The van der Waals surface area contributed by atoms with E-state index in [1.807, 2.05) is 0 Å². The zero-order valence-corrected chi connectivity index (χ0v) is 76.6. The number of carbonyl (C=O) groups excluding carboxylic acids is 5. The number of rotatable bonds is 42. The van der Waals surface area contributed by atoms with E-state index in [9.17, 15) is 182 Å². The molecule has 0 aliphatic carbocycles. The molecule has 0 bridgehead atoms. The Balaban J connectivity index is 0.913. The maximum atomic E-state index is 13.3. The van der Waals surface area contributed by atoms with Crippen molar-refractivity contribution < 1.29 is 277 Å². The maximum Gasteiger partial charge on any atom is 0.250 e. The molecule has 11 rings (SSSR count). The summed E-state index contributed by atoms with van der Waals surface area (Å²) in [5.41, 5.74) is 5.58. The highest BCUT2D eigenvalue weighted by molar-refractivity contribution is 5.98. The molecule has 0 aromatic heterocycles.